The maximum Gasteiger partial charge on any atom is 0.450 e. The zero-order valence-corrected chi connectivity index (χ0v) is 18.8. The number of halogens is 3. The maximum absolute atomic E-state index is 14.1. The van der Waals surface area contributed by atoms with Crippen molar-refractivity contribution in [2.24, 2.45) is 0 Å². The minimum atomic E-state index is -4.93. The minimum Gasteiger partial charge on any atom is -0.497 e. The molecular weight excluding hydrogens is 475 g/mol. The van der Waals surface area contributed by atoms with E-state index in [-0.39, 0.29) is 52.9 Å². The average molecular weight is 495 g/mol. The van der Waals surface area contributed by atoms with E-state index in [9.17, 15) is 26.4 Å². The highest BCUT2D eigenvalue weighted by Crippen LogP contribution is 2.40. The van der Waals surface area contributed by atoms with Crippen molar-refractivity contribution in [3.05, 3.63) is 57.9 Å². The molecule has 1 atom stereocenters. The van der Waals surface area contributed by atoms with Crippen LogP contribution in [-0.2, 0) is 22.6 Å². The molecule has 2 aliphatic heterocycles. The van der Waals surface area contributed by atoms with Crippen LogP contribution in [0, 0.1) is 0 Å². The van der Waals surface area contributed by atoms with E-state index in [0.717, 1.165) is 0 Å². The number of hydrogen-bond donors (Lipinski definition) is 0. The molecule has 5 rings (SSSR count). The number of ether oxygens (including phenoxy) is 2. The Morgan fingerprint density at radius 3 is 2.47 bits per heavy atom. The molecule has 11 heteroatoms. The molecule has 1 unspecified atom stereocenters. The van der Waals surface area contributed by atoms with Gasteiger partial charge in [-0.3, -0.25) is 9.69 Å². The van der Waals surface area contributed by atoms with E-state index in [0.29, 0.717) is 17.9 Å². The quantitative estimate of drug-likeness (QED) is 0.546. The number of sulfone groups is 1. The van der Waals surface area contributed by atoms with E-state index in [1.807, 2.05) is 0 Å². The van der Waals surface area contributed by atoms with E-state index in [2.05, 4.69) is 0 Å². The van der Waals surface area contributed by atoms with Gasteiger partial charge in [-0.1, -0.05) is 12.1 Å². The maximum atomic E-state index is 14.1. The van der Waals surface area contributed by atoms with Gasteiger partial charge in [-0.2, -0.15) is 13.2 Å². The zero-order valence-electron chi connectivity index (χ0n) is 18.0. The minimum absolute atomic E-state index is 0.0120. The molecule has 0 aliphatic carbocycles. The fourth-order valence-corrected chi connectivity index (χ4v) is 6.26. The van der Waals surface area contributed by atoms with Crippen LogP contribution in [0.4, 0.5) is 13.2 Å². The Labute approximate surface area is 192 Å². The van der Waals surface area contributed by atoms with Crippen molar-refractivity contribution in [3.8, 4) is 22.6 Å². The average Bonchev–Trinajstić information content (AvgIpc) is 3.17. The monoisotopic (exact) mass is 495 g/mol. The van der Waals surface area contributed by atoms with Crippen LogP contribution in [0.2, 0.25) is 0 Å². The number of methoxy groups -OCH3 is 1. The molecule has 2 aromatic carbocycles. The Hall–Kier alpha value is -3.05. The molecule has 0 bridgehead atoms. The van der Waals surface area contributed by atoms with Crippen molar-refractivity contribution in [2.45, 2.75) is 25.2 Å². The van der Waals surface area contributed by atoms with Crippen LogP contribution in [0.15, 0.2) is 45.6 Å². The first-order valence-corrected chi connectivity index (χ1v) is 12.3. The summed E-state index contributed by atoms with van der Waals surface area (Å²) in [5, 5.41) is -0.0120. The first-order chi connectivity index (χ1) is 16.1. The van der Waals surface area contributed by atoms with Gasteiger partial charge in [0.15, 0.2) is 9.84 Å². The third kappa shape index (κ3) is 3.92. The standard InChI is InChI=1S/C23H20F3NO6S/c1-31-15-4-2-13(3-5-15)19-20(28)16-6-7-18-17(21(16)33-22(19)23(24,25)26)10-27(12-32-18)14-8-9-34(29,30)11-14/h2-7,14H,8-12H2,1H3. The summed E-state index contributed by atoms with van der Waals surface area (Å²) in [7, 11) is -1.74. The lowest BCUT2D eigenvalue weighted by Crippen LogP contribution is -2.41. The van der Waals surface area contributed by atoms with E-state index < -0.39 is 32.8 Å². The van der Waals surface area contributed by atoms with Gasteiger partial charge in [-0.25, -0.2) is 8.42 Å². The number of alkyl halides is 3. The van der Waals surface area contributed by atoms with Gasteiger partial charge < -0.3 is 13.9 Å². The Morgan fingerprint density at radius 2 is 1.85 bits per heavy atom. The second kappa shape index (κ2) is 8.02. The third-order valence-electron chi connectivity index (χ3n) is 6.23. The van der Waals surface area contributed by atoms with E-state index in [1.165, 1.54) is 43.5 Å². The zero-order chi connectivity index (χ0) is 24.3. The molecule has 34 heavy (non-hydrogen) atoms. The lowest BCUT2D eigenvalue weighted by molar-refractivity contribution is -0.152. The molecule has 0 radical (unpaired) electrons. The number of fused-ring (bicyclic) bond motifs is 3. The summed E-state index contributed by atoms with van der Waals surface area (Å²) in [5.41, 5.74) is -1.27. The summed E-state index contributed by atoms with van der Waals surface area (Å²) < 4.78 is 82.1. The summed E-state index contributed by atoms with van der Waals surface area (Å²) in [6.45, 7) is 0.202. The molecule has 3 aromatic rings. The molecule has 1 aromatic heterocycles. The summed E-state index contributed by atoms with van der Waals surface area (Å²) in [5.74, 6) is -0.657. The highest BCUT2D eigenvalue weighted by Gasteiger charge is 2.41. The van der Waals surface area contributed by atoms with Crippen LogP contribution >= 0.6 is 0 Å². The fraction of sp³-hybridized carbons (Fsp3) is 0.348. The van der Waals surface area contributed by atoms with Crippen LogP contribution in [0.3, 0.4) is 0 Å². The largest absolute Gasteiger partial charge is 0.497 e. The molecule has 3 heterocycles. The van der Waals surface area contributed by atoms with Crippen molar-refractivity contribution in [3.63, 3.8) is 0 Å². The normalized spacial score (nSPS) is 20.2. The van der Waals surface area contributed by atoms with Crippen LogP contribution in [0.25, 0.3) is 22.1 Å². The second-order valence-corrected chi connectivity index (χ2v) is 10.6. The summed E-state index contributed by atoms with van der Waals surface area (Å²) in [6.07, 6.45) is -4.52. The molecule has 180 valence electrons. The molecule has 0 amide bonds. The van der Waals surface area contributed by atoms with E-state index in [1.54, 1.807) is 4.90 Å². The lowest BCUT2D eigenvalue weighted by Gasteiger charge is -2.33. The van der Waals surface area contributed by atoms with Crippen molar-refractivity contribution in [2.75, 3.05) is 25.3 Å². The molecule has 0 N–H and O–H groups in total. The van der Waals surface area contributed by atoms with Crippen molar-refractivity contribution >= 4 is 20.8 Å². The first-order valence-electron chi connectivity index (χ1n) is 10.5. The van der Waals surface area contributed by atoms with Crippen LogP contribution in [0.5, 0.6) is 11.5 Å². The van der Waals surface area contributed by atoms with Gasteiger partial charge in [0.2, 0.25) is 11.2 Å². The van der Waals surface area contributed by atoms with Gasteiger partial charge in [0.05, 0.1) is 35.1 Å². The Bertz CT molecular complexity index is 1430. The second-order valence-electron chi connectivity index (χ2n) is 8.36. The van der Waals surface area contributed by atoms with E-state index >= 15 is 0 Å². The summed E-state index contributed by atoms with van der Waals surface area (Å²) in [6, 6.07) is 8.28. The molecule has 1 fully saturated rings. The molecule has 1 saturated heterocycles. The molecule has 0 saturated carbocycles. The summed E-state index contributed by atoms with van der Waals surface area (Å²) >= 11 is 0. The van der Waals surface area contributed by atoms with Crippen LogP contribution in [0.1, 0.15) is 17.7 Å². The number of benzene rings is 2. The summed E-state index contributed by atoms with van der Waals surface area (Å²) in [4.78, 5) is 15.1. The smallest absolute Gasteiger partial charge is 0.450 e. The Kier molecular flexibility index (Phi) is 5.36. The highest BCUT2D eigenvalue weighted by atomic mass is 32.2. The van der Waals surface area contributed by atoms with Gasteiger partial charge in [-0.05, 0) is 36.2 Å². The van der Waals surface area contributed by atoms with Gasteiger partial charge in [0, 0.05) is 12.6 Å². The van der Waals surface area contributed by atoms with Crippen molar-refractivity contribution in [1.29, 1.82) is 0 Å². The Morgan fingerprint density at radius 1 is 1.12 bits per heavy atom. The SMILES string of the molecule is COc1ccc(-c2c(C(F)(F)F)oc3c4c(ccc3c2=O)OCN(C2CCS(=O)(=O)C2)C4)cc1. The van der Waals surface area contributed by atoms with Crippen LogP contribution < -0.4 is 14.9 Å². The number of rotatable bonds is 3. The molecule has 0 spiro atoms. The molecule has 7 nitrogen and oxygen atoms in total. The van der Waals surface area contributed by atoms with Crippen molar-refractivity contribution < 1.29 is 35.5 Å². The third-order valence-corrected chi connectivity index (χ3v) is 7.98. The topological polar surface area (TPSA) is 86.1 Å². The van der Waals surface area contributed by atoms with Gasteiger partial charge >= 0.3 is 6.18 Å². The van der Waals surface area contributed by atoms with E-state index in [4.69, 9.17) is 13.9 Å². The lowest BCUT2D eigenvalue weighted by atomic mass is 9.99. The van der Waals surface area contributed by atoms with Gasteiger partial charge in [-0.15, -0.1) is 0 Å². The molecular formula is C23H20F3NO6S. The van der Waals surface area contributed by atoms with Gasteiger partial charge in [0.1, 0.15) is 23.8 Å². The van der Waals surface area contributed by atoms with Gasteiger partial charge in [0.25, 0.3) is 0 Å². The van der Waals surface area contributed by atoms with Crippen LogP contribution in [-0.4, -0.2) is 44.7 Å². The fourth-order valence-electron chi connectivity index (χ4n) is 4.50. The number of nitrogens with zero attached hydrogens (tertiary/aromatic N) is 1. The number of hydrogen-bond acceptors (Lipinski definition) is 7. The highest BCUT2D eigenvalue weighted by molar-refractivity contribution is 7.91. The predicted molar refractivity (Wildman–Crippen MR) is 118 cm³/mol. The van der Waals surface area contributed by atoms with Crippen molar-refractivity contribution in [1.82, 2.24) is 4.90 Å². The predicted octanol–water partition coefficient (Wildman–Crippen LogP) is 3.83. The molecule has 2 aliphatic rings. The Balaban J connectivity index is 1.67. The first kappa shape index (κ1) is 22.7.